The summed E-state index contributed by atoms with van der Waals surface area (Å²) in [6.45, 7) is 3.17. The van der Waals surface area contributed by atoms with Crippen molar-refractivity contribution in [3.63, 3.8) is 0 Å². The molecule has 0 saturated heterocycles. The minimum atomic E-state index is -0.646. The van der Waals surface area contributed by atoms with Gasteiger partial charge in [0.2, 0.25) is 0 Å². The van der Waals surface area contributed by atoms with E-state index in [2.05, 4.69) is 6.58 Å². The van der Waals surface area contributed by atoms with E-state index < -0.39 is 5.82 Å². The van der Waals surface area contributed by atoms with Crippen molar-refractivity contribution in [3.05, 3.63) is 41.7 Å². The predicted octanol–water partition coefficient (Wildman–Crippen LogP) is 2.17. The van der Waals surface area contributed by atoms with E-state index in [0.717, 1.165) is 6.07 Å². The zero-order chi connectivity index (χ0) is 9.14. The van der Waals surface area contributed by atoms with Crippen LogP contribution in [-0.2, 0) is 0 Å². The summed E-state index contributed by atoms with van der Waals surface area (Å²) in [5.41, 5.74) is 0.248. The lowest BCUT2D eigenvalue weighted by Crippen LogP contribution is -1.90. The first-order valence-electron chi connectivity index (χ1n) is 3.28. The first kappa shape index (κ1) is 8.46. The van der Waals surface area contributed by atoms with Crippen LogP contribution in [0, 0.1) is 5.82 Å². The first-order valence-corrected chi connectivity index (χ1v) is 3.28. The number of aliphatic hydroxyl groups is 1. The van der Waals surface area contributed by atoms with Gasteiger partial charge in [-0.1, -0.05) is 12.6 Å². The summed E-state index contributed by atoms with van der Waals surface area (Å²) in [6, 6.07) is 3.76. The van der Waals surface area contributed by atoms with Gasteiger partial charge in [-0.05, 0) is 12.1 Å². The standard InChI is InChI=1S/C9H7FO2/c1-6(12)8-3-2-7(5-11)4-9(8)10/h2-5,12H,1H2. The molecule has 0 atom stereocenters. The molecule has 0 heterocycles. The minimum Gasteiger partial charge on any atom is -0.508 e. The first-order chi connectivity index (χ1) is 5.65. The fraction of sp³-hybridized carbons (Fsp3) is 0. The van der Waals surface area contributed by atoms with Gasteiger partial charge in [0.25, 0.3) is 0 Å². The van der Waals surface area contributed by atoms with E-state index in [1.54, 1.807) is 0 Å². The van der Waals surface area contributed by atoms with Gasteiger partial charge in [-0.3, -0.25) is 4.79 Å². The summed E-state index contributed by atoms with van der Waals surface area (Å²) in [4.78, 5) is 10.2. The van der Waals surface area contributed by atoms with Gasteiger partial charge < -0.3 is 5.11 Å². The molecule has 1 N–H and O–H groups in total. The average Bonchev–Trinajstić information content (AvgIpc) is 2.03. The van der Waals surface area contributed by atoms with Gasteiger partial charge in [-0.25, -0.2) is 4.39 Å². The zero-order valence-electron chi connectivity index (χ0n) is 6.25. The molecule has 0 bridgehead atoms. The van der Waals surface area contributed by atoms with Gasteiger partial charge >= 0.3 is 0 Å². The molecule has 62 valence electrons. The van der Waals surface area contributed by atoms with Gasteiger partial charge in [0.1, 0.15) is 17.9 Å². The number of aldehydes is 1. The minimum absolute atomic E-state index is 0.0144. The van der Waals surface area contributed by atoms with Crippen LogP contribution < -0.4 is 0 Å². The van der Waals surface area contributed by atoms with Crippen molar-refractivity contribution >= 4 is 12.0 Å². The second-order valence-electron chi connectivity index (χ2n) is 2.30. The Labute approximate surface area is 69.0 Å². The third-order valence-electron chi connectivity index (χ3n) is 1.44. The molecule has 0 saturated carbocycles. The van der Waals surface area contributed by atoms with Crippen LogP contribution in [0.15, 0.2) is 24.8 Å². The van der Waals surface area contributed by atoms with E-state index in [1.165, 1.54) is 12.1 Å². The molecule has 0 aliphatic carbocycles. The van der Waals surface area contributed by atoms with Crippen molar-refractivity contribution in [2.45, 2.75) is 0 Å². The number of rotatable bonds is 2. The van der Waals surface area contributed by atoms with Crippen molar-refractivity contribution in [2.75, 3.05) is 0 Å². The van der Waals surface area contributed by atoms with E-state index in [-0.39, 0.29) is 16.9 Å². The second kappa shape index (κ2) is 3.17. The van der Waals surface area contributed by atoms with Gasteiger partial charge in [0, 0.05) is 5.56 Å². The smallest absolute Gasteiger partial charge is 0.150 e. The van der Waals surface area contributed by atoms with Crippen LogP contribution in [0.2, 0.25) is 0 Å². The van der Waals surface area contributed by atoms with Crippen molar-refractivity contribution in [2.24, 2.45) is 0 Å². The molecule has 0 amide bonds. The highest BCUT2D eigenvalue weighted by Gasteiger charge is 2.04. The van der Waals surface area contributed by atoms with Crippen molar-refractivity contribution in [3.8, 4) is 0 Å². The van der Waals surface area contributed by atoms with E-state index in [4.69, 9.17) is 5.11 Å². The largest absolute Gasteiger partial charge is 0.508 e. The summed E-state index contributed by atoms with van der Waals surface area (Å²) < 4.78 is 12.9. The molecule has 1 rings (SSSR count). The lowest BCUT2D eigenvalue weighted by Gasteiger charge is -2.00. The van der Waals surface area contributed by atoms with E-state index in [9.17, 15) is 9.18 Å². The Morgan fingerprint density at radius 1 is 1.58 bits per heavy atom. The van der Waals surface area contributed by atoms with Crippen LogP contribution in [-0.4, -0.2) is 11.4 Å². The number of carbonyl (C=O) groups is 1. The van der Waals surface area contributed by atoms with Crippen LogP contribution in [0.4, 0.5) is 4.39 Å². The molecular weight excluding hydrogens is 159 g/mol. The van der Waals surface area contributed by atoms with E-state index in [1.807, 2.05) is 0 Å². The van der Waals surface area contributed by atoms with Gasteiger partial charge in [-0.2, -0.15) is 0 Å². The van der Waals surface area contributed by atoms with Gasteiger partial charge in [-0.15, -0.1) is 0 Å². The van der Waals surface area contributed by atoms with Crippen LogP contribution in [0.25, 0.3) is 5.76 Å². The number of halogens is 1. The topological polar surface area (TPSA) is 37.3 Å². The van der Waals surface area contributed by atoms with Crippen LogP contribution in [0.1, 0.15) is 15.9 Å². The van der Waals surface area contributed by atoms with Crippen LogP contribution >= 0.6 is 0 Å². The molecule has 0 aromatic heterocycles. The number of aliphatic hydroxyl groups excluding tert-OH is 1. The van der Waals surface area contributed by atoms with Crippen molar-refractivity contribution in [1.82, 2.24) is 0 Å². The van der Waals surface area contributed by atoms with Gasteiger partial charge in [0.15, 0.2) is 0 Å². The summed E-state index contributed by atoms with van der Waals surface area (Å²) in [6.07, 6.45) is 0.535. The number of carbonyl (C=O) groups excluding carboxylic acids is 1. The average molecular weight is 166 g/mol. The van der Waals surface area contributed by atoms with Crippen LogP contribution in [0.3, 0.4) is 0 Å². The summed E-state index contributed by atoms with van der Waals surface area (Å²) in [5, 5.41) is 8.85. The Bertz CT molecular complexity index is 331. The van der Waals surface area contributed by atoms with Gasteiger partial charge in [0.05, 0.1) is 5.56 Å². The highest BCUT2D eigenvalue weighted by Crippen LogP contribution is 2.14. The summed E-state index contributed by atoms with van der Waals surface area (Å²) >= 11 is 0. The molecular formula is C9H7FO2. The highest BCUT2D eigenvalue weighted by molar-refractivity contribution is 5.75. The quantitative estimate of drug-likeness (QED) is 0.540. The lowest BCUT2D eigenvalue weighted by molar-refractivity contribution is 0.112. The number of benzene rings is 1. The lowest BCUT2D eigenvalue weighted by atomic mass is 10.1. The number of hydrogen-bond acceptors (Lipinski definition) is 2. The molecule has 0 aliphatic rings. The zero-order valence-corrected chi connectivity index (χ0v) is 6.25. The molecule has 2 nitrogen and oxygen atoms in total. The Balaban J connectivity index is 3.20. The van der Waals surface area contributed by atoms with E-state index >= 15 is 0 Å². The Morgan fingerprint density at radius 3 is 2.67 bits per heavy atom. The maximum Gasteiger partial charge on any atom is 0.150 e. The van der Waals surface area contributed by atoms with E-state index in [0.29, 0.717) is 6.29 Å². The molecule has 0 fully saturated rings. The maximum absolute atomic E-state index is 12.9. The van der Waals surface area contributed by atoms with Crippen LogP contribution in [0.5, 0.6) is 0 Å². The highest BCUT2D eigenvalue weighted by atomic mass is 19.1. The molecule has 0 spiro atoms. The Hall–Kier alpha value is -1.64. The monoisotopic (exact) mass is 166 g/mol. The third kappa shape index (κ3) is 1.50. The van der Waals surface area contributed by atoms with Crippen molar-refractivity contribution < 1.29 is 14.3 Å². The second-order valence-corrected chi connectivity index (χ2v) is 2.30. The molecule has 0 unspecified atom stereocenters. The summed E-state index contributed by atoms with van der Waals surface area (Å²) in [5.74, 6) is -0.989. The third-order valence-corrected chi connectivity index (χ3v) is 1.44. The molecule has 0 aliphatic heterocycles. The molecule has 1 aromatic carbocycles. The normalized spacial score (nSPS) is 9.42. The van der Waals surface area contributed by atoms with Crippen molar-refractivity contribution in [1.29, 1.82) is 0 Å². The Morgan fingerprint density at radius 2 is 2.25 bits per heavy atom. The fourth-order valence-electron chi connectivity index (χ4n) is 0.839. The molecule has 0 radical (unpaired) electrons. The molecule has 1 aromatic rings. The Kier molecular flexibility index (Phi) is 2.24. The molecule has 12 heavy (non-hydrogen) atoms. The predicted molar refractivity (Wildman–Crippen MR) is 43.5 cm³/mol. The fourth-order valence-corrected chi connectivity index (χ4v) is 0.839. The molecule has 3 heteroatoms. The number of hydrogen-bond donors (Lipinski definition) is 1. The SMILES string of the molecule is C=C(O)c1ccc(C=O)cc1F. The summed E-state index contributed by atoms with van der Waals surface area (Å²) in [7, 11) is 0. The maximum atomic E-state index is 12.9.